The molecule has 0 radical (unpaired) electrons. The Bertz CT molecular complexity index is 307. The van der Waals surface area contributed by atoms with Gasteiger partial charge in [0.05, 0.1) is 0 Å². The van der Waals surface area contributed by atoms with Gasteiger partial charge in [0.2, 0.25) is 0 Å². The Morgan fingerprint density at radius 1 is 1.75 bits per heavy atom. The summed E-state index contributed by atoms with van der Waals surface area (Å²) in [6, 6.07) is 0. The van der Waals surface area contributed by atoms with Gasteiger partial charge in [0, 0.05) is 24.8 Å². The van der Waals surface area contributed by atoms with Crippen molar-refractivity contribution in [2.45, 2.75) is 6.92 Å². The number of nitrogens with zero attached hydrogens (tertiary/aromatic N) is 1. The lowest BCUT2D eigenvalue weighted by molar-refractivity contribution is 0.979. The summed E-state index contributed by atoms with van der Waals surface area (Å²) in [7, 11) is 0. The first-order chi connectivity index (χ1) is 5.74. The number of aromatic nitrogens is 2. The number of nitrogens with two attached hydrogens (primary N) is 1. The van der Waals surface area contributed by atoms with E-state index in [1.807, 2.05) is 6.92 Å². The van der Waals surface area contributed by atoms with Gasteiger partial charge in [-0.1, -0.05) is 0 Å². The first kappa shape index (κ1) is 8.73. The molecule has 0 aliphatic rings. The van der Waals surface area contributed by atoms with Crippen molar-refractivity contribution < 1.29 is 0 Å². The van der Waals surface area contributed by atoms with E-state index in [-0.39, 0.29) is 5.69 Å². The molecule has 0 saturated heterocycles. The van der Waals surface area contributed by atoms with Gasteiger partial charge in [-0.3, -0.25) is 4.98 Å². The maximum Gasteiger partial charge on any atom is 0.346 e. The van der Waals surface area contributed by atoms with Crippen molar-refractivity contribution in [3.05, 3.63) is 22.2 Å². The average molecular weight is 168 g/mol. The maximum atomic E-state index is 10.8. The van der Waals surface area contributed by atoms with E-state index in [4.69, 9.17) is 5.73 Å². The molecule has 0 unspecified atom stereocenters. The number of hydrogen-bond donors (Lipinski definition) is 3. The fraction of sp³-hybridized carbons (Fsp3) is 0.429. The molecule has 1 heterocycles. The van der Waals surface area contributed by atoms with Crippen LogP contribution in [0.3, 0.4) is 0 Å². The lowest BCUT2D eigenvalue weighted by atomic mass is 10.3. The van der Waals surface area contributed by atoms with Crippen LogP contribution in [0.2, 0.25) is 0 Å². The second-order valence-corrected chi connectivity index (χ2v) is 2.46. The Morgan fingerprint density at radius 2 is 2.50 bits per heavy atom. The number of anilines is 1. The number of aromatic amines is 1. The molecule has 5 nitrogen and oxygen atoms in total. The van der Waals surface area contributed by atoms with E-state index >= 15 is 0 Å². The van der Waals surface area contributed by atoms with Gasteiger partial charge in [0.1, 0.15) is 5.82 Å². The van der Waals surface area contributed by atoms with Crippen LogP contribution < -0.4 is 16.7 Å². The van der Waals surface area contributed by atoms with E-state index in [0.29, 0.717) is 18.9 Å². The molecule has 0 fully saturated rings. The highest BCUT2D eigenvalue weighted by molar-refractivity contribution is 5.40. The minimum absolute atomic E-state index is 0.347. The summed E-state index contributed by atoms with van der Waals surface area (Å²) in [6.07, 6.45) is 1.53. The summed E-state index contributed by atoms with van der Waals surface area (Å²) >= 11 is 0. The molecule has 0 aromatic carbocycles. The van der Waals surface area contributed by atoms with E-state index < -0.39 is 0 Å². The third kappa shape index (κ3) is 2.06. The number of aryl methyl sites for hydroxylation is 1. The largest absolute Gasteiger partial charge is 0.370 e. The Kier molecular flexibility index (Phi) is 2.82. The van der Waals surface area contributed by atoms with Gasteiger partial charge in [-0.05, 0) is 6.92 Å². The van der Waals surface area contributed by atoms with Gasteiger partial charge in [-0.15, -0.1) is 0 Å². The summed E-state index contributed by atoms with van der Waals surface area (Å²) in [5.41, 5.74) is 5.85. The van der Waals surface area contributed by atoms with E-state index in [1.165, 1.54) is 6.20 Å². The molecule has 66 valence electrons. The molecule has 1 aromatic heterocycles. The molecule has 0 bridgehead atoms. The number of rotatable bonds is 3. The van der Waals surface area contributed by atoms with Crippen LogP contribution in [-0.4, -0.2) is 23.1 Å². The van der Waals surface area contributed by atoms with E-state index in [2.05, 4.69) is 15.3 Å². The summed E-state index contributed by atoms with van der Waals surface area (Å²) in [5, 5.41) is 2.98. The van der Waals surface area contributed by atoms with Crippen molar-refractivity contribution in [3.8, 4) is 0 Å². The quantitative estimate of drug-likeness (QED) is 0.565. The Hall–Kier alpha value is -1.36. The number of H-pyrrole nitrogens is 1. The highest BCUT2D eigenvalue weighted by Crippen LogP contribution is 2.04. The fourth-order valence-electron chi connectivity index (χ4n) is 0.839. The van der Waals surface area contributed by atoms with Gasteiger partial charge >= 0.3 is 5.69 Å². The van der Waals surface area contributed by atoms with Crippen LogP contribution in [0.15, 0.2) is 11.0 Å². The average Bonchev–Trinajstić information content (AvgIpc) is 2.07. The standard InChI is InChI=1S/C7H12N4O/c1-5-4-10-7(12)11-6(5)9-3-2-8/h4H,2-3,8H2,1H3,(H2,9,10,11,12). The Morgan fingerprint density at radius 3 is 3.17 bits per heavy atom. The molecule has 0 spiro atoms. The molecule has 1 rings (SSSR count). The van der Waals surface area contributed by atoms with E-state index in [1.54, 1.807) is 0 Å². The maximum absolute atomic E-state index is 10.8. The summed E-state index contributed by atoms with van der Waals surface area (Å²) in [6.45, 7) is 3.03. The van der Waals surface area contributed by atoms with Crippen LogP contribution in [0.1, 0.15) is 5.56 Å². The van der Waals surface area contributed by atoms with Crippen molar-refractivity contribution in [2.24, 2.45) is 5.73 Å². The van der Waals surface area contributed by atoms with Crippen LogP contribution in [0.25, 0.3) is 0 Å². The normalized spacial score (nSPS) is 9.83. The second-order valence-electron chi connectivity index (χ2n) is 2.46. The van der Waals surface area contributed by atoms with Gasteiger partial charge in [0.25, 0.3) is 0 Å². The summed E-state index contributed by atoms with van der Waals surface area (Å²) < 4.78 is 0. The zero-order chi connectivity index (χ0) is 8.97. The molecule has 0 aliphatic carbocycles. The zero-order valence-electron chi connectivity index (χ0n) is 6.92. The molecule has 5 heteroatoms. The summed E-state index contributed by atoms with van der Waals surface area (Å²) in [5.74, 6) is 0.695. The molecule has 0 saturated carbocycles. The second kappa shape index (κ2) is 3.87. The molecule has 0 atom stereocenters. The predicted octanol–water partition coefficient (Wildman–Crippen LogP) is -0.551. The molecule has 12 heavy (non-hydrogen) atoms. The minimum atomic E-state index is -0.347. The SMILES string of the molecule is Cc1cnc(=O)[nH]c1NCCN. The van der Waals surface area contributed by atoms with Crippen molar-refractivity contribution in [2.75, 3.05) is 18.4 Å². The highest BCUT2D eigenvalue weighted by Gasteiger charge is 1.96. The monoisotopic (exact) mass is 168 g/mol. The topological polar surface area (TPSA) is 83.8 Å². The molecule has 1 aromatic rings. The molecule has 0 aliphatic heterocycles. The first-order valence-electron chi connectivity index (χ1n) is 3.74. The van der Waals surface area contributed by atoms with Crippen LogP contribution >= 0.6 is 0 Å². The molecular formula is C7H12N4O. The Balaban J connectivity index is 2.82. The van der Waals surface area contributed by atoms with Crippen LogP contribution in [-0.2, 0) is 0 Å². The van der Waals surface area contributed by atoms with Crippen molar-refractivity contribution in [3.63, 3.8) is 0 Å². The van der Waals surface area contributed by atoms with E-state index in [0.717, 1.165) is 5.56 Å². The third-order valence-corrected chi connectivity index (χ3v) is 1.45. The first-order valence-corrected chi connectivity index (χ1v) is 3.74. The molecular weight excluding hydrogens is 156 g/mol. The number of nitrogens with one attached hydrogen (secondary N) is 2. The predicted molar refractivity (Wildman–Crippen MR) is 47.1 cm³/mol. The van der Waals surface area contributed by atoms with Crippen molar-refractivity contribution in [1.82, 2.24) is 9.97 Å². The van der Waals surface area contributed by atoms with Crippen LogP contribution in [0.4, 0.5) is 5.82 Å². The van der Waals surface area contributed by atoms with Crippen LogP contribution in [0.5, 0.6) is 0 Å². The van der Waals surface area contributed by atoms with Crippen LogP contribution in [0, 0.1) is 6.92 Å². The molecule has 4 N–H and O–H groups in total. The lowest BCUT2D eigenvalue weighted by Crippen LogP contribution is -2.18. The Labute approximate surface area is 70.0 Å². The smallest absolute Gasteiger partial charge is 0.346 e. The highest BCUT2D eigenvalue weighted by atomic mass is 16.1. The fourth-order valence-corrected chi connectivity index (χ4v) is 0.839. The van der Waals surface area contributed by atoms with Gasteiger partial charge < -0.3 is 11.1 Å². The number of hydrogen-bond acceptors (Lipinski definition) is 4. The third-order valence-electron chi connectivity index (χ3n) is 1.45. The van der Waals surface area contributed by atoms with Crippen molar-refractivity contribution >= 4 is 5.82 Å². The van der Waals surface area contributed by atoms with Crippen molar-refractivity contribution in [1.29, 1.82) is 0 Å². The minimum Gasteiger partial charge on any atom is -0.370 e. The molecule has 0 amide bonds. The van der Waals surface area contributed by atoms with E-state index in [9.17, 15) is 4.79 Å². The van der Waals surface area contributed by atoms with Gasteiger partial charge in [-0.25, -0.2) is 9.78 Å². The zero-order valence-corrected chi connectivity index (χ0v) is 6.92. The summed E-state index contributed by atoms with van der Waals surface area (Å²) in [4.78, 5) is 16.9. The van der Waals surface area contributed by atoms with Gasteiger partial charge in [0.15, 0.2) is 0 Å². The van der Waals surface area contributed by atoms with Gasteiger partial charge in [-0.2, -0.15) is 0 Å². The lowest BCUT2D eigenvalue weighted by Gasteiger charge is -2.05.